The second-order valence-electron chi connectivity index (χ2n) is 9.08. The van der Waals surface area contributed by atoms with Gasteiger partial charge in [0.05, 0.1) is 24.3 Å². The Hall–Kier alpha value is -3.91. The number of aromatic hydroxyl groups is 1. The topological polar surface area (TPSA) is 199 Å². The molecule has 0 saturated heterocycles. The summed E-state index contributed by atoms with van der Waals surface area (Å²) >= 11 is 0. The number of carbonyl (C=O) groups excluding carboxylic acids is 4. The van der Waals surface area contributed by atoms with Gasteiger partial charge in [-0.05, 0) is 18.8 Å². The number of alkyl halides is 2. The average molecular weight is 525 g/mol. The largest absolute Gasteiger partial charge is 0.508 e. The number of aliphatic hydroxyl groups is 3. The van der Waals surface area contributed by atoms with E-state index in [2.05, 4.69) is 10.6 Å². The SMILES string of the molecule is NC(=O)C1=C(O)[C@@]2(O)C(=O)C3=C(O)c4c(O)c(NC(=O)CNCC(F)F)cc(F)c4CC3C[C@H]2CC1=O. The molecule has 37 heavy (non-hydrogen) atoms. The van der Waals surface area contributed by atoms with Crippen molar-refractivity contribution in [2.24, 2.45) is 17.6 Å². The van der Waals surface area contributed by atoms with E-state index in [0.29, 0.717) is 0 Å². The van der Waals surface area contributed by atoms with Gasteiger partial charge in [-0.1, -0.05) is 0 Å². The molecule has 2 amide bonds. The van der Waals surface area contributed by atoms with Crippen molar-refractivity contribution in [3.8, 4) is 5.75 Å². The smallest absolute Gasteiger partial charge is 0.255 e. The fraction of sp³-hybridized carbons (Fsp3) is 0.391. The Morgan fingerprint density at radius 3 is 2.49 bits per heavy atom. The Labute approximate surface area is 206 Å². The van der Waals surface area contributed by atoms with Crippen LogP contribution in [0.5, 0.6) is 5.75 Å². The molecule has 11 nitrogen and oxygen atoms in total. The van der Waals surface area contributed by atoms with Crippen LogP contribution < -0.4 is 16.4 Å². The van der Waals surface area contributed by atoms with E-state index in [1.54, 1.807) is 0 Å². The van der Waals surface area contributed by atoms with Gasteiger partial charge in [0.15, 0.2) is 17.1 Å². The highest BCUT2D eigenvalue weighted by Crippen LogP contribution is 2.53. The molecule has 14 heteroatoms. The minimum absolute atomic E-state index is 0.169. The molecule has 1 aromatic rings. The molecule has 3 aliphatic rings. The van der Waals surface area contributed by atoms with Gasteiger partial charge in [0.1, 0.15) is 22.9 Å². The van der Waals surface area contributed by atoms with Gasteiger partial charge in [0, 0.05) is 29.5 Å². The molecular formula is C23H22F3N3O8. The van der Waals surface area contributed by atoms with Crippen LogP contribution in [0.1, 0.15) is 24.0 Å². The van der Waals surface area contributed by atoms with E-state index in [9.17, 15) is 48.4 Å². The lowest BCUT2D eigenvalue weighted by Crippen LogP contribution is -2.58. The summed E-state index contributed by atoms with van der Waals surface area (Å²) in [5.41, 5.74) is -0.358. The van der Waals surface area contributed by atoms with E-state index in [1.807, 2.05) is 0 Å². The van der Waals surface area contributed by atoms with Gasteiger partial charge < -0.3 is 36.8 Å². The summed E-state index contributed by atoms with van der Waals surface area (Å²) in [5.74, 6) is -10.5. The fourth-order valence-corrected chi connectivity index (χ4v) is 5.23. The number of fused-ring (bicyclic) bond motifs is 3. The summed E-state index contributed by atoms with van der Waals surface area (Å²) in [6.07, 6.45) is -3.66. The first-order valence-corrected chi connectivity index (χ1v) is 11.1. The zero-order valence-electron chi connectivity index (χ0n) is 19.0. The van der Waals surface area contributed by atoms with Gasteiger partial charge in [-0.2, -0.15) is 0 Å². The molecule has 1 aromatic carbocycles. The van der Waals surface area contributed by atoms with Gasteiger partial charge in [0.2, 0.25) is 11.7 Å². The lowest BCUT2D eigenvalue weighted by molar-refractivity contribution is -0.147. The van der Waals surface area contributed by atoms with Crippen molar-refractivity contribution in [2.75, 3.05) is 18.4 Å². The normalized spacial score (nSPS) is 25.1. The summed E-state index contributed by atoms with van der Waals surface area (Å²) in [6.45, 7) is -1.39. The molecule has 0 bridgehead atoms. The number of ketones is 2. The van der Waals surface area contributed by atoms with Crippen LogP contribution in [0, 0.1) is 17.7 Å². The van der Waals surface area contributed by atoms with Crippen LogP contribution in [0.15, 0.2) is 23.0 Å². The molecule has 8 N–H and O–H groups in total. The molecule has 0 aromatic heterocycles. The molecule has 3 atom stereocenters. The van der Waals surface area contributed by atoms with E-state index < -0.39 is 112 Å². The van der Waals surface area contributed by atoms with Crippen molar-refractivity contribution in [3.05, 3.63) is 39.9 Å². The number of benzene rings is 1. The van der Waals surface area contributed by atoms with E-state index in [-0.39, 0.29) is 18.4 Å². The van der Waals surface area contributed by atoms with Crippen molar-refractivity contribution in [1.29, 1.82) is 0 Å². The molecular weight excluding hydrogens is 503 g/mol. The van der Waals surface area contributed by atoms with Crippen LogP contribution in [0.3, 0.4) is 0 Å². The van der Waals surface area contributed by atoms with Gasteiger partial charge in [0.25, 0.3) is 12.3 Å². The number of anilines is 1. The molecule has 1 saturated carbocycles. The maximum Gasteiger partial charge on any atom is 0.255 e. The van der Waals surface area contributed by atoms with Crippen molar-refractivity contribution in [3.63, 3.8) is 0 Å². The maximum atomic E-state index is 15.0. The van der Waals surface area contributed by atoms with Crippen LogP contribution >= 0.6 is 0 Å². The Balaban J connectivity index is 1.76. The first-order chi connectivity index (χ1) is 17.3. The lowest BCUT2D eigenvalue weighted by atomic mass is 9.59. The molecule has 1 unspecified atom stereocenters. The van der Waals surface area contributed by atoms with Crippen LogP contribution in [0.4, 0.5) is 18.9 Å². The summed E-state index contributed by atoms with van der Waals surface area (Å²) < 4.78 is 39.5. The predicted molar refractivity (Wildman–Crippen MR) is 119 cm³/mol. The summed E-state index contributed by atoms with van der Waals surface area (Å²) in [4.78, 5) is 49.4. The number of primary amides is 1. The van der Waals surface area contributed by atoms with Crippen LogP contribution in [-0.2, 0) is 25.6 Å². The Kier molecular flexibility index (Phi) is 6.50. The fourth-order valence-electron chi connectivity index (χ4n) is 5.23. The highest BCUT2D eigenvalue weighted by Gasteiger charge is 2.60. The Morgan fingerprint density at radius 2 is 1.86 bits per heavy atom. The monoisotopic (exact) mass is 525 g/mol. The van der Waals surface area contributed by atoms with Gasteiger partial charge in [-0.25, -0.2) is 13.2 Å². The number of phenolic OH excluding ortho intramolecular Hbond substituents is 1. The number of amides is 2. The number of halogens is 3. The van der Waals surface area contributed by atoms with Crippen molar-refractivity contribution in [1.82, 2.24) is 5.32 Å². The maximum absolute atomic E-state index is 15.0. The van der Waals surface area contributed by atoms with Crippen LogP contribution in [0.2, 0.25) is 0 Å². The summed E-state index contributed by atoms with van der Waals surface area (Å²) in [6, 6.07) is 0.760. The highest BCUT2D eigenvalue weighted by atomic mass is 19.3. The van der Waals surface area contributed by atoms with Gasteiger partial charge >= 0.3 is 0 Å². The molecule has 1 fully saturated rings. The number of nitrogens with one attached hydrogen (secondary N) is 2. The van der Waals surface area contributed by atoms with Crippen molar-refractivity contribution >= 4 is 34.8 Å². The lowest BCUT2D eigenvalue weighted by Gasteiger charge is -2.46. The number of aliphatic hydroxyl groups excluding tert-OH is 2. The average Bonchev–Trinajstić information content (AvgIpc) is 2.79. The summed E-state index contributed by atoms with van der Waals surface area (Å²) in [5, 5.41) is 47.6. The first-order valence-electron chi connectivity index (χ1n) is 11.1. The quantitative estimate of drug-likeness (QED) is 0.202. The number of phenols is 1. The standard InChI is InChI=1S/C23H22F3N3O8/c24-10-4-11(29-14(31)6-28-5-13(25)26)18(32)16-9(10)2-7-1-8-3-12(30)17(22(27)36)21(35)23(8,37)20(34)15(7)19(16)33/h4,7-8,13,28,32-33,35,37H,1-3,5-6H2,(H2,27,36)(H,29,31)/t7?,8-,23-/m0/s1. The molecule has 0 spiro atoms. The molecule has 0 aliphatic heterocycles. The van der Waals surface area contributed by atoms with Gasteiger partial charge in [-0.3, -0.25) is 19.2 Å². The van der Waals surface area contributed by atoms with Crippen molar-refractivity contribution in [2.45, 2.75) is 31.3 Å². The Bertz CT molecular complexity index is 1310. The third-order valence-electron chi connectivity index (χ3n) is 6.87. The number of rotatable bonds is 6. The van der Waals surface area contributed by atoms with E-state index >= 15 is 4.39 Å². The molecule has 4 rings (SSSR count). The van der Waals surface area contributed by atoms with Gasteiger partial charge in [-0.15, -0.1) is 0 Å². The number of Topliss-reactive ketones (excluding diaryl/α,β-unsaturated/α-hetero) is 2. The molecule has 198 valence electrons. The Morgan fingerprint density at radius 1 is 1.19 bits per heavy atom. The van der Waals surface area contributed by atoms with Crippen LogP contribution in [-0.4, -0.2) is 68.9 Å². The summed E-state index contributed by atoms with van der Waals surface area (Å²) in [7, 11) is 0. The second-order valence-corrected chi connectivity index (χ2v) is 9.08. The minimum atomic E-state index is -2.77. The third kappa shape index (κ3) is 4.11. The third-order valence-corrected chi connectivity index (χ3v) is 6.87. The second kappa shape index (κ2) is 9.19. The van der Waals surface area contributed by atoms with Crippen molar-refractivity contribution < 1.29 is 52.8 Å². The zero-order valence-corrected chi connectivity index (χ0v) is 19.0. The van der Waals surface area contributed by atoms with E-state index in [0.717, 1.165) is 6.07 Å². The number of carbonyl (C=O) groups is 4. The van der Waals surface area contributed by atoms with E-state index in [4.69, 9.17) is 5.73 Å². The number of hydrogen-bond donors (Lipinski definition) is 7. The highest BCUT2D eigenvalue weighted by molar-refractivity contribution is 6.22. The molecule has 3 aliphatic carbocycles. The minimum Gasteiger partial charge on any atom is -0.508 e. The zero-order chi connectivity index (χ0) is 27.4. The molecule has 0 radical (unpaired) electrons. The molecule has 0 heterocycles. The van der Waals surface area contributed by atoms with Crippen LogP contribution in [0.25, 0.3) is 5.76 Å². The first kappa shape index (κ1) is 26.2. The number of hydrogen-bond acceptors (Lipinski definition) is 9. The van der Waals surface area contributed by atoms with E-state index in [1.165, 1.54) is 0 Å². The number of nitrogens with two attached hydrogens (primary N) is 1. The predicted octanol–water partition coefficient (Wildman–Crippen LogP) is 0.356.